The standard InChI is InChI=1S/C73H87F4N7O8S.C16H19NO3/c1-10-21-83(22-11-2)69(86)56-26-43(7)27-57(71(88)89)68(56)81-67-45(9)63(58(59(78)34-48-32-53(76)36-54(77)33-48)40-80-73(19-20-73)62-37-55(82-92-62)25-42(5)6)65(72(90)91)64(66(67)70(87)84(23-12-3)24-13-4)50(18-17-46-30-51(74)35-52(75)31-46)39-79-38-47-15-14-16-49(29-47)60-28-44(8)61(41-85)93-60;1-4-7-17(8-5-2)15(18)13-9-12(6-3)10-14(11-13)16(19)20/h14-16,26-33,35-37,41-42,50,58-59,79-81H,10-13,17-25,34,38-40,78H2,1-9H3,(H,88,89)(H,90,91);3,9-11H,4-5,7-8H2,1-2H3,(H,19,20)/t50-,58?,59-;/m0./s1. The minimum Gasteiger partial charge on any atom is -0.478 e. The first-order valence-corrected chi connectivity index (χ1v) is 39.8. The van der Waals surface area contributed by atoms with Gasteiger partial charge in [-0.15, -0.1) is 17.8 Å². The van der Waals surface area contributed by atoms with Gasteiger partial charge in [-0.05, 0) is 226 Å². The fraction of sp³-hybridized carbons (Fsp3) is 0.416. The summed E-state index contributed by atoms with van der Waals surface area (Å²) in [5.74, 6) is -7.64. The van der Waals surface area contributed by atoms with Crippen molar-refractivity contribution in [3.63, 3.8) is 0 Å². The Labute approximate surface area is 664 Å². The normalized spacial score (nSPS) is 13.0. The first-order valence-electron chi connectivity index (χ1n) is 39.0. The highest BCUT2D eigenvalue weighted by molar-refractivity contribution is 7.17. The maximum absolute atomic E-state index is 16.5. The number of thiophene rings is 1. The van der Waals surface area contributed by atoms with E-state index in [2.05, 4.69) is 40.9 Å². The molecule has 1 fully saturated rings. The number of amides is 3. The Balaban J connectivity index is 0.000000695. The van der Waals surface area contributed by atoms with Crippen molar-refractivity contribution in [1.29, 1.82) is 0 Å². The van der Waals surface area contributed by atoms with E-state index in [0.29, 0.717) is 98.5 Å². The molecule has 0 spiro atoms. The maximum atomic E-state index is 16.5. The molecule has 24 heteroatoms. The van der Waals surface area contributed by atoms with E-state index in [4.69, 9.17) is 21.8 Å². The van der Waals surface area contributed by atoms with Gasteiger partial charge in [0.15, 0.2) is 12.0 Å². The van der Waals surface area contributed by atoms with Crippen LogP contribution in [0.1, 0.15) is 258 Å². The van der Waals surface area contributed by atoms with E-state index in [1.807, 2.05) is 84.9 Å². The lowest BCUT2D eigenvalue weighted by Crippen LogP contribution is -2.42. The minimum absolute atomic E-state index is 0.0134. The van der Waals surface area contributed by atoms with Gasteiger partial charge < -0.3 is 56.2 Å². The summed E-state index contributed by atoms with van der Waals surface area (Å²) in [6, 6.07) is 23.9. The van der Waals surface area contributed by atoms with Gasteiger partial charge in [0.1, 0.15) is 23.3 Å². The number of aryl methyl sites for hydroxylation is 3. The van der Waals surface area contributed by atoms with Crippen molar-refractivity contribution < 1.29 is 71.0 Å². The zero-order valence-corrected chi connectivity index (χ0v) is 67.3. The van der Waals surface area contributed by atoms with Crippen molar-refractivity contribution in [2.45, 2.75) is 183 Å². The number of halogens is 4. The Morgan fingerprint density at radius 3 is 1.73 bits per heavy atom. The van der Waals surface area contributed by atoms with E-state index in [9.17, 15) is 29.4 Å². The minimum atomic E-state index is -1.48. The van der Waals surface area contributed by atoms with Crippen LogP contribution in [0.3, 0.4) is 0 Å². The number of rotatable bonds is 40. The van der Waals surface area contributed by atoms with Crippen LogP contribution in [0.25, 0.3) is 10.4 Å². The van der Waals surface area contributed by atoms with Gasteiger partial charge in [0.2, 0.25) is 0 Å². The summed E-state index contributed by atoms with van der Waals surface area (Å²) in [7, 11) is 0. The molecule has 9 rings (SSSR count). The lowest BCUT2D eigenvalue weighted by atomic mass is 9.75. The van der Waals surface area contributed by atoms with Crippen LogP contribution in [0.5, 0.6) is 0 Å². The highest BCUT2D eigenvalue weighted by Gasteiger charge is 2.49. The van der Waals surface area contributed by atoms with E-state index in [-0.39, 0.29) is 131 Å². The molecule has 8 aromatic rings. The van der Waals surface area contributed by atoms with Crippen LogP contribution in [-0.2, 0) is 31.3 Å². The van der Waals surface area contributed by atoms with Gasteiger partial charge in [-0.2, -0.15) is 0 Å². The predicted molar refractivity (Wildman–Crippen MR) is 434 cm³/mol. The van der Waals surface area contributed by atoms with Gasteiger partial charge >= 0.3 is 17.9 Å². The Morgan fingerprint density at radius 1 is 0.637 bits per heavy atom. The van der Waals surface area contributed by atoms with E-state index >= 15 is 31.9 Å². The molecule has 0 saturated heterocycles. The number of carbonyl (C=O) groups is 7. The molecule has 0 radical (unpaired) electrons. The third-order valence-corrected chi connectivity index (χ3v) is 21.3. The summed E-state index contributed by atoms with van der Waals surface area (Å²) < 4.78 is 67.1. The van der Waals surface area contributed by atoms with Crippen LogP contribution in [0.15, 0.2) is 108 Å². The van der Waals surface area contributed by atoms with Crippen molar-refractivity contribution in [3.8, 4) is 22.8 Å². The number of carboxylic acids is 3. The van der Waals surface area contributed by atoms with Crippen LogP contribution in [0, 0.1) is 62.3 Å². The molecule has 113 heavy (non-hydrogen) atoms. The highest BCUT2D eigenvalue weighted by Crippen LogP contribution is 2.49. The molecular formula is C89H106F4N8O11S. The average molecular weight is 1570 g/mol. The molecule has 1 saturated carbocycles. The van der Waals surface area contributed by atoms with Crippen LogP contribution in [-0.4, -0.2) is 135 Å². The van der Waals surface area contributed by atoms with Crippen molar-refractivity contribution in [2.24, 2.45) is 11.7 Å². The summed E-state index contributed by atoms with van der Waals surface area (Å²) in [5, 5.41) is 47.8. The average Bonchev–Trinajstić information content (AvgIpc) is 0.873. The molecule has 1 unspecified atom stereocenters. The number of hydrogen-bond acceptors (Lipinski definition) is 14. The SMILES string of the molecule is C#Cc1cc(C(=O)O)cc(C(=O)N(CCC)CCC)c1.CCCN(CCC)C(=O)c1cc(C)cc(C(=O)O)c1Nc1c(C)c(C(CNC2(c3cc(CC(C)C)no3)CC2)[C@@H](N)Cc2cc(F)cc(F)c2)c(C(=O)O)c([C@@H](CCc2cc(F)cc(F)c2)CNCc2cccc(-c3cc(C)c(C=O)s3)c2)c1C(=O)N(CCC)CCC. The predicted octanol–water partition coefficient (Wildman–Crippen LogP) is 17.6. The van der Waals surface area contributed by atoms with Crippen molar-refractivity contribution >= 4 is 64.6 Å². The first kappa shape index (κ1) is 88.2. The molecule has 0 aliphatic heterocycles. The third-order valence-electron chi connectivity index (χ3n) is 20.1. The van der Waals surface area contributed by atoms with Crippen LogP contribution in [0.4, 0.5) is 28.9 Å². The monoisotopic (exact) mass is 1570 g/mol. The quantitative estimate of drug-likeness (QED) is 0.0107. The van der Waals surface area contributed by atoms with Crippen LogP contribution < -0.4 is 21.7 Å². The largest absolute Gasteiger partial charge is 0.478 e. The molecule has 6 aromatic carbocycles. The number of terminal acetylenes is 1. The van der Waals surface area contributed by atoms with E-state index in [0.717, 1.165) is 70.7 Å². The van der Waals surface area contributed by atoms with Gasteiger partial charge in [0.05, 0.1) is 55.3 Å². The van der Waals surface area contributed by atoms with Crippen molar-refractivity contribution in [3.05, 3.63) is 226 Å². The molecule has 2 aromatic heterocycles. The smallest absolute Gasteiger partial charge is 0.337 e. The Bertz CT molecular complexity index is 4720. The Morgan fingerprint density at radius 2 is 1.20 bits per heavy atom. The number of nitrogens with one attached hydrogen (secondary N) is 3. The van der Waals surface area contributed by atoms with E-state index < -0.39 is 76.4 Å². The molecule has 19 nitrogen and oxygen atoms in total. The number of aldehydes is 1. The zero-order valence-electron chi connectivity index (χ0n) is 66.5. The fourth-order valence-corrected chi connectivity index (χ4v) is 15.8. The summed E-state index contributed by atoms with van der Waals surface area (Å²) in [5.41, 5.74) is 10.8. The van der Waals surface area contributed by atoms with Crippen LogP contribution >= 0.6 is 11.3 Å². The summed E-state index contributed by atoms with van der Waals surface area (Å²) in [6.07, 6.45) is 11.5. The molecule has 1 aliphatic carbocycles. The number of aromatic nitrogens is 1. The van der Waals surface area contributed by atoms with Crippen LogP contribution in [0.2, 0.25) is 0 Å². The van der Waals surface area contributed by atoms with E-state index in [1.54, 1.807) is 40.7 Å². The summed E-state index contributed by atoms with van der Waals surface area (Å²) in [4.78, 5) is 103. The number of nitrogens with two attached hydrogens (primary N) is 1. The topological polar surface area (TPSA) is 278 Å². The van der Waals surface area contributed by atoms with Gasteiger partial charge in [0, 0.05) is 105 Å². The van der Waals surface area contributed by atoms with Gasteiger partial charge in [0.25, 0.3) is 17.7 Å². The second-order valence-corrected chi connectivity index (χ2v) is 30.9. The number of nitrogens with zero attached hydrogens (tertiary/aromatic N) is 4. The lowest BCUT2D eigenvalue weighted by molar-refractivity contribution is 0.0681. The van der Waals surface area contributed by atoms with E-state index in [1.165, 1.54) is 41.7 Å². The molecule has 602 valence electrons. The molecule has 3 atom stereocenters. The number of carboxylic acid groups (broad SMARTS) is 3. The number of carbonyl (C=O) groups excluding carboxylic acids is 4. The zero-order chi connectivity index (χ0) is 82.5. The lowest BCUT2D eigenvalue weighted by Gasteiger charge is -2.35. The molecule has 3 amide bonds. The number of benzene rings is 6. The third kappa shape index (κ3) is 22.8. The molecule has 8 N–H and O–H groups in total. The number of aromatic carboxylic acids is 3. The Hall–Kier alpha value is -10.3. The maximum Gasteiger partial charge on any atom is 0.337 e. The van der Waals surface area contributed by atoms with Gasteiger partial charge in [-0.25, -0.2) is 31.9 Å². The molecule has 0 bridgehead atoms. The highest BCUT2D eigenvalue weighted by atomic mass is 32.1. The number of hydrogen-bond donors (Lipinski definition) is 7. The second kappa shape index (κ2) is 40.9. The van der Waals surface area contributed by atoms with Crippen molar-refractivity contribution in [2.75, 3.05) is 57.7 Å². The number of anilines is 2. The summed E-state index contributed by atoms with van der Waals surface area (Å²) in [6.45, 7) is 23.3. The molecule has 1 aliphatic rings. The summed E-state index contributed by atoms with van der Waals surface area (Å²) >= 11 is 1.35. The van der Waals surface area contributed by atoms with Gasteiger partial charge in [-0.1, -0.05) is 84.7 Å². The Kier molecular flexibility index (Phi) is 32.0. The first-order chi connectivity index (χ1) is 53.9. The second-order valence-electron chi connectivity index (χ2n) is 29.8. The molecular weight excluding hydrogens is 1470 g/mol. The van der Waals surface area contributed by atoms with Gasteiger partial charge in [-0.3, -0.25) is 19.2 Å². The fourth-order valence-electron chi connectivity index (χ4n) is 14.8. The van der Waals surface area contributed by atoms with Crippen molar-refractivity contribution in [1.82, 2.24) is 30.5 Å². The molecule has 2 heterocycles.